The molecule has 0 amide bonds. The molecule has 1 aliphatic rings. The molecule has 1 fully saturated rings. The number of halogens is 1. The van der Waals surface area contributed by atoms with Crippen LogP contribution in [0.15, 0.2) is 29.3 Å². The molecule has 2 rings (SSSR count). The van der Waals surface area contributed by atoms with Crippen molar-refractivity contribution < 1.29 is 4.39 Å². The van der Waals surface area contributed by atoms with Gasteiger partial charge in [-0.25, -0.2) is 4.39 Å². The monoisotopic (exact) mass is 363 g/mol. The normalized spacial score (nSPS) is 17.2. The second kappa shape index (κ2) is 11.1. The summed E-state index contributed by atoms with van der Waals surface area (Å²) in [6, 6.07) is 6.75. The van der Waals surface area contributed by atoms with Gasteiger partial charge in [0.1, 0.15) is 5.82 Å². The van der Waals surface area contributed by atoms with E-state index in [2.05, 4.69) is 34.0 Å². The fourth-order valence-electron chi connectivity index (χ4n) is 3.26. The van der Waals surface area contributed by atoms with Gasteiger partial charge in [0.05, 0.1) is 0 Å². The van der Waals surface area contributed by atoms with Gasteiger partial charge < -0.3 is 20.0 Å². The topological polar surface area (TPSA) is 34.1 Å². The summed E-state index contributed by atoms with van der Waals surface area (Å²) in [5.74, 6) is 0.688. The van der Waals surface area contributed by atoms with E-state index in [0.29, 0.717) is 6.54 Å². The Hall–Kier alpha value is -1.66. The highest BCUT2D eigenvalue weighted by molar-refractivity contribution is 5.79. The van der Waals surface area contributed by atoms with Crippen LogP contribution in [0.1, 0.15) is 25.3 Å². The number of aliphatic imine (C=N–C) groups is 1. The first-order valence-corrected chi connectivity index (χ1v) is 9.73. The summed E-state index contributed by atoms with van der Waals surface area (Å²) in [5, 5.41) is 3.33. The Bertz CT molecular complexity index is 563. The average molecular weight is 364 g/mol. The Morgan fingerprint density at radius 3 is 2.88 bits per heavy atom. The molecule has 1 aromatic carbocycles. The summed E-state index contributed by atoms with van der Waals surface area (Å²) in [6.07, 6.45) is 2.31. The van der Waals surface area contributed by atoms with Gasteiger partial charge in [-0.15, -0.1) is 0 Å². The van der Waals surface area contributed by atoms with Crippen LogP contribution < -0.4 is 5.32 Å². The van der Waals surface area contributed by atoms with Crippen LogP contribution in [0, 0.1) is 5.82 Å². The van der Waals surface area contributed by atoms with Crippen molar-refractivity contribution in [3.63, 3.8) is 0 Å². The smallest absolute Gasteiger partial charge is 0.193 e. The van der Waals surface area contributed by atoms with Gasteiger partial charge in [0.25, 0.3) is 0 Å². The molecule has 0 saturated carbocycles. The summed E-state index contributed by atoms with van der Waals surface area (Å²) in [7, 11) is 4.20. The van der Waals surface area contributed by atoms with E-state index in [1.807, 2.05) is 13.1 Å². The molecule has 0 atom stereocenters. The van der Waals surface area contributed by atoms with Crippen molar-refractivity contribution in [1.82, 2.24) is 20.0 Å². The molecule has 5 nitrogen and oxygen atoms in total. The Kier molecular flexibility index (Phi) is 8.85. The minimum Gasteiger partial charge on any atom is -0.357 e. The molecule has 0 aromatic heterocycles. The molecular formula is C20H34FN5. The van der Waals surface area contributed by atoms with Gasteiger partial charge in [-0.2, -0.15) is 0 Å². The van der Waals surface area contributed by atoms with E-state index in [1.165, 1.54) is 25.6 Å². The molecule has 1 aromatic rings. The second-order valence-corrected chi connectivity index (χ2v) is 7.07. The molecule has 0 bridgehead atoms. The third-order valence-electron chi connectivity index (χ3n) is 4.71. The molecule has 6 heteroatoms. The maximum absolute atomic E-state index is 13.4. The molecule has 0 radical (unpaired) electrons. The van der Waals surface area contributed by atoms with Crippen LogP contribution in [0.2, 0.25) is 0 Å². The Morgan fingerprint density at radius 1 is 1.27 bits per heavy atom. The lowest BCUT2D eigenvalue weighted by molar-refractivity contribution is 0.275. The third kappa shape index (κ3) is 7.30. The first kappa shape index (κ1) is 20.6. The van der Waals surface area contributed by atoms with Gasteiger partial charge in [0.15, 0.2) is 5.96 Å². The second-order valence-electron chi connectivity index (χ2n) is 7.07. The lowest BCUT2D eigenvalue weighted by Crippen LogP contribution is -2.38. The quantitative estimate of drug-likeness (QED) is 0.458. The molecule has 26 heavy (non-hydrogen) atoms. The zero-order valence-corrected chi connectivity index (χ0v) is 16.5. The van der Waals surface area contributed by atoms with Crippen molar-refractivity contribution in [2.24, 2.45) is 4.99 Å². The van der Waals surface area contributed by atoms with Crippen LogP contribution in [0.5, 0.6) is 0 Å². The third-order valence-corrected chi connectivity index (χ3v) is 4.71. The standard InChI is InChI=1S/C20H34FN5/c1-4-22-20(25(3)17-18-8-5-9-19(21)16-18)23-10-6-12-26-13-7-11-24(2)14-15-26/h5,8-9,16H,4,6-7,10-15,17H2,1-3H3,(H,22,23). The SMILES string of the molecule is CCNC(=NCCCN1CCCN(C)CC1)N(C)Cc1cccc(F)c1. The zero-order chi connectivity index (χ0) is 18.8. The van der Waals surface area contributed by atoms with Crippen molar-refractivity contribution in [2.75, 3.05) is 59.9 Å². The minimum atomic E-state index is -0.194. The fraction of sp³-hybridized carbons (Fsp3) is 0.650. The molecule has 1 aliphatic heterocycles. The van der Waals surface area contributed by atoms with Gasteiger partial charge in [0.2, 0.25) is 0 Å². The predicted molar refractivity (Wildman–Crippen MR) is 107 cm³/mol. The molecule has 1 saturated heterocycles. The van der Waals surface area contributed by atoms with Gasteiger partial charge in [-0.1, -0.05) is 12.1 Å². The number of guanidine groups is 1. The Balaban J connectivity index is 1.81. The van der Waals surface area contributed by atoms with Crippen LogP contribution in [0.4, 0.5) is 4.39 Å². The van der Waals surface area contributed by atoms with Crippen LogP contribution in [0.25, 0.3) is 0 Å². The van der Waals surface area contributed by atoms with Crippen molar-refractivity contribution in [3.8, 4) is 0 Å². The van der Waals surface area contributed by atoms with E-state index in [-0.39, 0.29) is 5.82 Å². The van der Waals surface area contributed by atoms with Crippen LogP contribution in [-0.2, 0) is 6.54 Å². The first-order chi connectivity index (χ1) is 12.6. The average Bonchev–Trinajstić information content (AvgIpc) is 2.82. The fourth-order valence-corrected chi connectivity index (χ4v) is 3.26. The number of nitrogens with one attached hydrogen (secondary N) is 1. The van der Waals surface area contributed by atoms with Crippen LogP contribution >= 0.6 is 0 Å². The Morgan fingerprint density at radius 2 is 2.12 bits per heavy atom. The predicted octanol–water partition coefficient (Wildman–Crippen LogP) is 2.25. The summed E-state index contributed by atoms with van der Waals surface area (Å²) in [4.78, 5) is 11.8. The van der Waals surface area contributed by atoms with Crippen molar-refractivity contribution >= 4 is 5.96 Å². The van der Waals surface area contributed by atoms with E-state index < -0.39 is 0 Å². The lowest BCUT2D eigenvalue weighted by atomic mass is 10.2. The van der Waals surface area contributed by atoms with Crippen molar-refractivity contribution in [3.05, 3.63) is 35.6 Å². The first-order valence-electron chi connectivity index (χ1n) is 9.73. The molecular weight excluding hydrogens is 329 g/mol. The van der Waals surface area contributed by atoms with E-state index in [0.717, 1.165) is 50.7 Å². The number of hydrogen-bond acceptors (Lipinski definition) is 3. The van der Waals surface area contributed by atoms with Crippen molar-refractivity contribution in [1.29, 1.82) is 0 Å². The number of nitrogens with zero attached hydrogens (tertiary/aromatic N) is 4. The lowest BCUT2D eigenvalue weighted by Gasteiger charge is -2.23. The van der Waals surface area contributed by atoms with E-state index in [9.17, 15) is 4.39 Å². The van der Waals surface area contributed by atoms with Gasteiger partial charge in [-0.05, 0) is 64.1 Å². The molecule has 146 valence electrons. The number of rotatable bonds is 7. The number of benzene rings is 1. The summed E-state index contributed by atoms with van der Waals surface area (Å²) in [5.41, 5.74) is 0.951. The Labute approximate surface area is 157 Å². The molecule has 0 unspecified atom stereocenters. The minimum absolute atomic E-state index is 0.194. The number of hydrogen-bond donors (Lipinski definition) is 1. The summed E-state index contributed by atoms with van der Waals surface area (Å²) < 4.78 is 13.4. The summed E-state index contributed by atoms with van der Waals surface area (Å²) in [6.45, 7) is 10.1. The maximum atomic E-state index is 13.4. The van der Waals surface area contributed by atoms with Crippen LogP contribution in [0.3, 0.4) is 0 Å². The van der Waals surface area contributed by atoms with Gasteiger partial charge in [0, 0.05) is 39.8 Å². The van der Waals surface area contributed by atoms with E-state index >= 15 is 0 Å². The molecule has 0 aliphatic carbocycles. The van der Waals surface area contributed by atoms with Crippen LogP contribution in [-0.4, -0.2) is 80.6 Å². The van der Waals surface area contributed by atoms with E-state index in [1.54, 1.807) is 12.1 Å². The molecule has 0 spiro atoms. The zero-order valence-electron chi connectivity index (χ0n) is 16.5. The van der Waals surface area contributed by atoms with E-state index in [4.69, 9.17) is 4.99 Å². The molecule has 1 heterocycles. The highest BCUT2D eigenvalue weighted by Gasteiger charge is 2.11. The maximum Gasteiger partial charge on any atom is 0.193 e. The van der Waals surface area contributed by atoms with Gasteiger partial charge in [-0.3, -0.25) is 4.99 Å². The summed E-state index contributed by atoms with van der Waals surface area (Å²) >= 11 is 0. The largest absolute Gasteiger partial charge is 0.357 e. The van der Waals surface area contributed by atoms with Crippen molar-refractivity contribution in [2.45, 2.75) is 26.3 Å². The highest BCUT2D eigenvalue weighted by atomic mass is 19.1. The highest BCUT2D eigenvalue weighted by Crippen LogP contribution is 2.07. The van der Waals surface area contributed by atoms with Gasteiger partial charge >= 0.3 is 0 Å². The number of likely N-dealkylation sites (N-methyl/N-ethyl adjacent to an activating group) is 1. The molecule has 1 N–H and O–H groups in total.